The van der Waals surface area contributed by atoms with Crippen molar-refractivity contribution >= 4 is 16.9 Å². The maximum absolute atomic E-state index is 12.8. The zero-order valence-corrected chi connectivity index (χ0v) is 16.9. The van der Waals surface area contributed by atoms with E-state index in [4.69, 9.17) is 4.42 Å². The van der Waals surface area contributed by atoms with Gasteiger partial charge in [0.2, 0.25) is 0 Å². The number of nitrogens with one attached hydrogen (secondary N) is 2. The molecule has 1 atom stereocenters. The molecule has 0 aliphatic heterocycles. The summed E-state index contributed by atoms with van der Waals surface area (Å²) in [7, 11) is 0. The van der Waals surface area contributed by atoms with Crippen molar-refractivity contribution in [1.82, 2.24) is 10.6 Å². The quantitative estimate of drug-likeness (QED) is 0.419. The highest BCUT2D eigenvalue weighted by molar-refractivity contribution is 6.05. The van der Waals surface area contributed by atoms with Crippen LogP contribution in [0.5, 0.6) is 0 Å². The van der Waals surface area contributed by atoms with E-state index in [2.05, 4.69) is 47.0 Å². The van der Waals surface area contributed by atoms with Crippen LogP contribution in [-0.4, -0.2) is 18.5 Å². The van der Waals surface area contributed by atoms with Gasteiger partial charge in [-0.05, 0) is 42.2 Å². The predicted molar refractivity (Wildman–Crippen MR) is 120 cm³/mol. The second kappa shape index (κ2) is 9.90. The average molecular weight is 399 g/mol. The molecule has 1 aromatic heterocycles. The van der Waals surface area contributed by atoms with Crippen molar-refractivity contribution in [2.24, 2.45) is 0 Å². The van der Waals surface area contributed by atoms with Gasteiger partial charge in [0, 0.05) is 24.5 Å². The van der Waals surface area contributed by atoms with Crippen LogP contribution < -0.4 is 10.6 Å². The normalized spacial score (nSPS) is 12.0. The number of carbonyl (C=O) groups excluding carboxylic acids is 1. The fourth-order valence-electron chi connectivity index (χ4n) is 3.62. The number of furan rings is 1. The molecule has 0 bridgehead atoms. The van der Waals surface area contributed by atoms with Crippen molar-refractivity contribution in [3.63, 3.8) is 0 Å². The smallest absolute Gasteiger partial charge is 0.252 e. The van der Waals surface area contributed by atoms with Crippen LogP contribution in [0.2, 0.25) is 0 Å². The SMILES string of the molecule is O=C(NC[C@H](CCc1ccccc1)NCc1ccccc1)c1cccc2occc12. The summed E-state index contributed by atoms with van der Waals surface area (Å²) in [5.74, 6) is -0.0757. The third-order valence-electron chi connectivity index (χ3n) is 5.31. The largest absolute Gasteiger partial charge is 0.464 e. The van der Waals surface area contributed by atoms with Gasteiger partial charge in [0.15, 0.2) is 0 Å². The Bertz CT molecular complexity index is 1030. The molecule has 0 saturated heterocycles. The first-order valence-corrected chi connectivity index (χ1v) is 10.4. The summed E-state index contributed by atoms with van der Waals surface area (Å²) >= 11 is 0. The van der Waals surface area contributed by atoms with E-state index in [1.54, 1.807) is 6.26 Å². The second-order valence-corrected chi connectivity index (χ2v) is 7.44. The van der Waals surface area contributed by atoms with Gasteiger partial charge in [-0.3, -0.25) is 4.79 Å². The molecule has 0 unspecified atom stereocenters. The maximum atomic E-state index is 12.8. The summed E-state index contributed by atoms with van der Waals surface area (Å²) in [5.41, 5.74) is 3.91. The Labute approximate surface area is 176 Å². The molecule has 4 rings (SSSR count). The van der Waals surface area contributed by atoms with Crippen molar-refractivity contribution in [1.29, 1.82) is 0 Å². The molecule has 0 spiro atoms. The van der Waals surface area contributed by atoms with Crippen LogP contribution >= 0.6 is 0 Å². The Morgan fingerprint density at radius 1 is 0.833 bits per heavy atom. The van der Waals surface area contributed by atoms with Crippen LogP contribution in [-0.2, 0) is 13.0 Å². The van der Waals surface area contributed by atoms with Crippen LogP contribution in [0.25, 0.3) is 11.0 Å². The van der Waals surface area contributed by atoms with Crippen molar-refractivity contribution in [2.75, 3.05) is 6.54 Å². The highest BCUT2D eigenvalue weighted by Crippen LogP contribution is 2.19. The minimum Gasteiger partial charge on any atom is -0.464 e. The number of rotatable bonds is 9. The molecule has 0 fully saturated rings. The number of benzene rings is 3. The third kappa shape index (κ3) is 5.16. The minimum absolute atomic E-state index is 0.0757. The molecule has 0 aliphatic rings. The number of amides is 1. The van der Waals surface area contributed by atoms with Crippen LogP contribution in [0.1, 0.15) is 27.9 Å². The molecule has 4 aromatic rings. The second-order valence-electron chi connectivity index (χ2n) is 7.44. The zero-order valence-electron chi connectivity index (χ0n) is 16.9. The van der Waals surface area contributed by atoms with Crippen molar-refractivity contribution in [3.05, 3.63) is 108 Å². The zero-order chi connectivity index (χ0) is 20.6. The van der Waals surface area contributed by atoms with Gasteiger partial charge in [0.1, 0.15) is 5.58 Å². The van der Waals surface area contributed by atoms with E-state index in [-0.39, 0.29) is 11.9 Å². The van der Waals surface area contributed by atoms with Gasteiger partial charge >= 0.3 is 0 Å². The standard InChI is InChI=1S/C26H26N2O2/c29-26(24-12-7-13-25-23(24)16-17-30-25)28-19-22(15-14-20-8-3-1-4-9-20)27-18-21-10-5-2-6-11-21/h1-13,16-17,22,27H,14-15,18-19H2,(H,28,29)/t22-/m0/s1. The lowest BCUT2D eigenvalue weighted by atomic mass is 10.0. The molecule has 1 amide bonds. The van der Waals surface area contributed by atoms with Gasteiger partial charge in [-0.15, -0.1) is 0 Å². The van der Waals surface area contributed by atoms with E-state index in [0.717, 1.165) is 30.4 Å². The fourth-order valence-corrected chi connectivity index (χ4v) is 3.62. The summed E-state index contributed by atoms with van der Waals surface area (Å²) in [4.78, 5) is 12.8. The van der Waals surface area contributed by atoms with Crippen LogP contribution in [0.4, 0.5) is 0 Å². The number of fused-ring (bicyclic) bond motifs is 1. The molecule has 3 aromatic carbocycles. The maximum Gasteiger partial charge on any atom is 0.252 e. The first kappa shape index (κ1) is 19.9. The van der Waals surface area contributed by atoms with Gasteiger partial charge in [0.25, 0.3) is 5.91 Å². The van der Waals surface area contributed by atoms with E-state index in [1.807, 2.05) is 48.5 Å². The van der Waals surface area contributed by atoms with Gasteiger partial charge in [0.05, 0.1) is 11.8 Å². The monoisotopic (exact) mass is 398 g/mol. The topological polar surface area (TPSA) is 54.3 Å². The molecule has 0 radical (unpaired) electrons. The number of hydrogen-bond acceptors (Lipinski definition) is 3. The Morgan fingerprint density at radius 2 is 1.57 bits per heavy atom. The number of aryl methyl sites for hydroxylation is 1. The molecule has 30 heavy (non-hydrogen) atoms. The molecule has 2 N–H and O–H groups in total. The first-order chi connectivity index (χ1) is 14.8. The molecule has 0 aliphatic carbocycles. The molecule has 0 saturated carbocycles. The van der Waals surface area contributed by atoms with Gasteiger partial charge < -0.3 is 15.1 Å². The van der Waals surface area contributed by atoms with E-state index in [9.17, 15) is 4.79 Å². The van der Waals surface area contributed by atoms with Crippen LogP contribution in [0, 0.1) is 0 Å². The van der Waals surface area contributed by atoms with Crippen molar-refractivity contribution in [2.45, 2.75) is 25.4 Å². The Balaban J connectivity index is 1.40. The van der Waals surface area contributed by atoms with E-state index >= 15 is 0 Å². The molecule has 152 valence electrons. The third-order valence-corrected chi connectivity index (χ3v) is 5.31. The summed E-state index contributed by atoms with van der Waals surface area (Å²) in [5, 5.41) is 7.56. The van der Waals surface area contributed by atoms with E-state index < -0.39 is 0 Å². The van der Waals surface area contributed by atoms with E-state index in [0.29, 0.717) is 12.1 Å². The average Bonchev–Trinajstić information content (AvgIpc) is 3.29. The lowest BCUT2D eigenvalue weighted by Crippen LogP contribution is -2.41. The molecular formula is C26H26N2O2. The van der Waals surface area contributed by atoms with E-state index in [1.165, 1.54) is 11.1 Å². The highest BCUT2D eigenvalue weighted by atomic mass is 16.3. The van der Waals surface area contributed by atoms with Crippen LogP contribution in [0.3, 0.4) is 0 Å². The Kier molecular flexibility index (Phi) is 6.58. The predicted octanol–water partition coefficient (Wildman–Crippen LogP) is 4.95. The van der Waals surface area contributed by atoms with Gasteiger partial charge in [-0.25, -0.2) is 0 Å². The number of hydrogen-bond donors (Lipinski definition) is 2. The lowest BCUT2D eigenvalue weighted by molar-refractivity contribution is 0.0950. The number of carbonyl (C=O) groups is 1. The van der Waals surface area contributed by atoms with Gasteiger partial charge in [-0.2, -0.15) is 0 Å². The highest BCUT2D eigenvalue weighted by Gasteiger charge is 2.14. The molecule has 4 heteroatoms. The minimum atomic E-state index is -0.0757. The van der Waals surface area contributed by atoms with Crippen molar-refractivity contribution < 1.29 is 9.21 Å². The summed E-state index contributed by atoms with van der Waals surface area (Å²) < 4.78 is 5.42. The molecular weight excluding hydrogens is 372 g/mol. The van der Waals surface area contributed by atoms with Crippen molar-refractivity contribution in [3.8, 4) is 0 Å². The lowest BCUT2D eigenvalue weighted by Gasteiger charge is -2.20. The first-order valence-electron chi connectivity index (χ1n) is 10.4. The van der Waals surface area contributed by atoms with Crippen LogP contribution in [0.15, 0.2) is 95.6 Å². The molecule has 1 heterocycles. The summed E-state index contributed by atoms with van der Waals surface area (Å²) in [6.45, 7) is 1.33. The Morgan fingerprint density at radius 3 is 2.33 bits per heavy atom. The Hall–Kier alpha value is -3.37. The summed E-state index contributed by atoms with van der Waals surface area (Å²) in [6, 6.07) is 28.3. The van der Waals surface area contributed by atoms with Gasteiger partial charge in [-0.1, -0.05) is 66.7 Å². The fraction of sp³-hybridized carbons (Fsp3) is 0.192. The molecule has 4 nitrogen and oxygen atoms in total. The summed E-state index contributed by atoms with van der Waals surface area (Å²) in [6.07, 6.45) is 3.51.